The number of anilines is 1. The zero-order valence-electron chi connectivity index (χ0n) is 7.25. The molecule has 0 amide bonds. The number of nitrogens with two attached hydrogens (primary N) is 1. The summed E-state index contributed by atoms with van der Waals surface area (Å²) in [5.41, 5.74) is 6.39. The standard InChI is InChI=1S/C8H8BN3O2/c10-8-11-4-5-1-2-6(9(13)14)3-7(5)12-8/h1-4,13-14H,(H2,10,11,12). The minimum Gasteiger partial charge on any atom is -0.423 e. The molecule has 14 heavy (non-hydrogen) atoms. The Morgan fingerprint density at radius 2 is 2.07 bits per heavy atom. The SMILES string of the molecule is Nc1ncc2ccc(B(O)O)cc2n1. The summed E-state index contributed by atoms with van der Waals surface area (Å²) in [4.78, 5) is 7.79. The molecule has 5 nitrogen and oxygen atoms in total. The Morgan fingerprint density at radius 3 is 2.79 bits per heavy atom. The lowest BCUT2D eigenvalue weighted by Gasteiger charge is -2.01. The summed E-state index contributed by atoms with van der Waals surface area (Å²) in [6, 6.07) is 4.88. The zero-order chi connectivity index (χ0) is 10.1. The van der Waals surface area contributed by atoms with Crippen molar-refractivity contribution >= 4 is 29.4 Å². The summed E-state index contributed by atoms with van der Waals surface area (Å²) >= 11 is 0. The quantitative estimate of drug-likeness (QED) is 0.494. The molecule has 1 heterocycles. The van der Waals surface area contributed by atoms with Crippen molar-refractivity contribution in [3.63, 3.8) is 0 Å². The number of nitrogen functional groups attached to an aromatic ring is 1. The molecule has 1 aromatic carbocycles. The lowest BCUT2D eigenvalue weighted by molar-refractivity contribution is 0.426. The molecule has 0 atom stereocenters. The predicted molar refractivity (Wildman–Crippen MR) is 53.8 cm³/mol. The predicted octanol–water partition coefficient (Wildman–Crippen LogP) is -1.11. The highest BCUT2D eigenvalue weighted by Gasteiger charge is 2.11. The summed E-state index contributed by atoms with van der Waals surface area (Å²) in [7, 11) is -1.49. The van der Waals surface area contributed by atoms with Crippen LogP contribution in [0.25, 0.3) is 10.9 Å². The van der Waals surface area contributed by atoms with Crippen LogP contribution in [0.3, 0.4) is 0 Å². The Hall–Kier alpha value is -1.66. The van der Waals surface area contributed by atoms with Crippen LogP contribution in [0.4, 0.5) is 5.95 Å². The maximum absolute atomic E-state index is 8.93. The fraction of sp³-hybridized carbons (Fsp3) is 0. The van der Waals surface area contributed by atoms with Crippen LogP contribution in [0.1, 0.15) is 0 Å². The van der Waals surface area contributed by atoms with Crippen LogP contribution in [-0.4, -0.2) is 27.1 Å². The molecule has 2 aromatic rings. The fourth-order valence-electron chi connectivity index (χ4n) is 1.22. The molecule has 6 heteroatoms. The number of nitrogens with zero attached hydrogens (tertiary/aromatic N) is 2. The molecule has 0 aliphatic carbocycles. The van der Waals surface area contributed by atoms with E-state index in [-0.39, 0.29) is 5.95 Å². The van der Waals surface area contributed by atoms with Gasteiger partial charge < -0.3 is 15.8 Å². The van der Waals surface area contributed by atoms with E-state index in [0.29, 0.717) is 11.0 Å². The molecular weight excluding hydrogens is 181 g/mol. The van der Waals surface area contributed by atoms with Crippen molar-refractivity contribution in [2.75, 3.05) is 5.73 Å². The van der Waals surface area contributed by atoms with Crippen LogP contribution >= 0.6 is 0 Å². The lowest BCUT2D eigenvalue weighted by atomic mass is 9.80. The van der Waals surface area contributed by atoms with E-state index in [2.05, 4.69) is 9.97 Å². The molecule has 0 fully saturated rings. The molecule has 70 valence electrons. The first kappa shape index (κ1) is 8.92. The molecule has 0 saturated heterocycles. The Balaban J connectivity index is 2.63. The first-order chi connectivity index (χ1) is 6.66. The third-order valence-corrected chi connectivity index (χ3v) is 1.92. The summed E-state index contributed by atoms with van der Waals surface area (Å²) in [5, 5.41) is 18.7. The van der Waals surface area contributed by atoms with Gasteiger partial charge in [-0.15, -0.1) is 0 Å². The second-order valence-electron chi connectivity index (χ2n) is 2.92. The summed E-state index contributed by atoms with van der Waals surface area (Å²) < 4.78 is 0. The van der Waals surface area contributed by atoms with Gasteiger partial charge >= 0.3 is 7.12 Å². The van der Waals surface area contributed by atoms with Gasteiger partial charge in [-0.2, -0.15) is 0 Å². The highest BCUT2D eigenvalue weighted by atomic mass is 16.4. The van der Waals surface area contributed by atoms with E-state index in [1.54, 1.807) is 24.4 Å². The van der Waals surface area contributed by atoms with Gasteiger partial charge in [0.05, 0.1) is 5.52 Å². The molecule has 0 unspecified atom stereocenters. The smallest absolute Gasteiger partial charge is 0.423 e. The Morgan fingerprint density at radius 1 is 1.29 bits per heavy atom. The molecule has 0 aliphatic heterocycles. The number of hydrogen-bond acceptors (Lipinski definition) is 5. The van der Waals surface area contributed by atoms with Crippen LogP contribution in [0.5, 0.6) is 0 Å². The van der Waals surface area contributed by atoms with E-state index in [1.807, 2.05) is 0 Å². The van der Waals surface area contributed by atoms with E-state index in [0.717, 1.165) is 5.39 Å². The van der Waals surface area contributed by atoms with Gasteiger partial charge in [0.15, 0.2) is 0 Å². The molecule has 0 bridgehead atoms. The Labute approximate surface area is 80.4 Å². The molecule has 0 radical (unpaired) electrons. The van der Waals surface area contributed by atoms with Crippen LogP contribution in [0, 0.1) is 0 Å². The van der Waals surface area contributed by atoms with Crippen molar-refractivity contribution in [1.29, 1.82) is 0 Å². The maximum atomic E-state index is 8.93. The third-order valence-electron chi connectivity index (χ3n) is 1.92. The largest absolute Gasteiger partial charge is 0.488 e. The van der Waals surface area contributed by atoms with Crippen molar-refractivity contribution in [3.8, 4) is 0 Å². The highest BCUT2D eigenvalue weighted by Crippen LogP contribution is 2.09. The van der Waals surface area contributed by atoms with Crippen LogP contribution in [0.15, 0.2) is 24.4 Å². The Bertz CT molecular complexity index is 475. The normalized spacial score (nSPS) is 10.4. The summed E-state index contributed by atoms with van der Waals surface area (Å²) in [5.74, 6) is 0.169. The maximum Gasteiger partial charge on any atom is 0.488 e. The molecular formula is C8H8BN3O2. The average molecular weight is 189 g/mol. The van der Waals surface area contributed by atoms with Gasteiger partial charge in [-0.3, -0.25) is 0 Å². The van der Waals surface area contributed by atoms with Gasteiger partial charge in [0.1, 0.15) is 0 Å². The fourth-order valence-corrected chi connectivity index (χ4v) is 1.22. The van der Waals surface area contributed by atoms with Crippen LogP contribution < -0.4 is 11.2 Å². The van der Waals surface area contributed by atoms with E-state index in [1.165, 1.54) is 0 Å². The monoisotopic (exact) mass is 189 g/mol. The van der Waals surface area contributed by atoms with E-state index >= 15 is 0 Å². The molecule has 0 saturated carbocycles. The van der Waals surface area contributed by atoms with Crippen molar-refractivity contribution in [2.24, 2.45) is 0 Å². The molecule has 1 aromatic heterocycles. The first-order valence-corrected chi connectivity index (χ1v) is 4.05. The van der Waals surface area contributed by atoms with Crippen molar-refractivity contribution in [1.82, 2.24) is 9.97 Å². The van der Waals surface area contributed by atoms with Gasteiger partial charge in [0.25, 0.3) is 0 Å². The first-order valence-electron chi connectivity index (χ1n) is 4.05. The molecule has 4 N–H and O–H groups in total. The number of rotatable bonds is 1. The average Bonchev–Trinajstić information content (AvgIpc) is 2.16. The van der Waals surface area contributed by atoms with Gasteiger partial charge in [-0.25, -0.2) is 9.97 Å². The number of hydrogen-bond donors (Lipinski definition) is 3. The van der Waals surface area contributed by atoms with Gasteiger partial charge in [-0.05, 0) is 11.5 Å². The van der Waals surface area contributed by atoms with Gasteiger partial charge in [0, 0.05) is 11.6 Å². The van der Waals surface area contributed by atoms with Crippen molar-refractivity contribution in [3.05, 3.63) is 24.4 Å². The second-order valence-corrected chi connectivity index (χ2v) is 2.92. The van der Waals surface area contributed by atoms with E-state index in [9.17, 15) is 0 Å². The number of fused-ring (bicyclic) bond motifs is 1. The van der Waals surface area contributed by atoms with Gasteiger partial charge in [-0.1, -0.05) is 12.1 Å². The summed E-state index contributed by atoms with van der Waals surface area (Å²) in [6.45, 7) is 0. The van der Waals surface area contributed by atoms with Crippen LogP contribution in [-0.2, 0) is 0 Å². The van der Waals surface area contributed by atoms with Crippen molar-refractivity contribution in [2.45, 2.75) is 0 Å². The summed E-state index contributed by atoms with van der Waals surface area (Å²) in [6.07, 6.45) is 1.59. The lowest BCUT2D eigenvalue weighted by Crippen LogP contribution is -2.29. The van der Waals surface area contributed by atoms with Crippen molar-refractivity contribution < 1.29 is 10.0 Å². The third kappa shape index (κ3) is 1.52. The molecule has 2 rings (SSSR count). The number of aromatic nitrogens is 2. The van der Waals surface area contributed by atoms with Crippen LogP contribution in [0.2, 0.25) is 0 Å². The molecule has 0 aliphatic rings. The molecule has 0 spiro atoms. The number of benzene rings is 1. The zero-order valence-corrected chi connectivity index (χ0v) is 7.25. The topological polar surface area (TPSA) is 92.3 Å². The van der Waals surface area contributed by atoms with E-state index in [4.69, 9.17) is 15.8 Å². The highest BCUT2D eigenvalue weighted by molar-refractivity contribution is 6.58. The van der Waals surface area contributed by atoms with Gasteiger partial charge in [0.2, 0.25) is 5.95 Å². The second kappa shape index (κ2) is 3.24. The Kier molecular flexibility index (Phi) is 2.07. The minimum atomic E-state index is -1.49. The van der Waals surface area contributed by atoms with E-state index < -0.39 is 7.12 Å². The minimum absolute atomic E-state index is 0.169.